The highest BCUT2D eigenvalue weighted by Crippen LogP contribution is 2.26. The maximum absolute atomic E-state index is 14.4. The molecule has 3 aromatic rings. The molecule has 1 aliphatic heterocycles. The van der Waals surface area contributed by atoms with E-state index in [4.69, 9.17) is 0 Å². The first-order valence-corrected chi connectivity index (χ1v) is 10.4. The fourth-order valence-corrected chi connectivity index (χ4v) is 3.63. The number of halogens is 1. The van der Waals surface area contributed by atoms with E-state index in [1.54, 1.807) is 49.4 Å². The topological polar surface area (TPSA) is 88.9 Å². The molecule has 8 heteroatoms. The zero-order valence-electron chi connectivity index (χ0n) is 17.3. The molecule has 0 saturated heterocycles. The average molecular weight is 421 g/mol. The van der Waals surface area contributed by atoms with Crippen molar-refractivity contribution in [2.75, 3.05) is 5.32 Å². The summed E-state index contributed by atoms with van der Waals surface area (Å²) < 4.78 is 16.5. The standard InChI is InChI=1S/C23H24FN5O2/c1-15(25-23(31)16-8-4-2-5-9-16)22(30)26-19-14-17(11-12-18(19)24)21-28-27-20-10-6-3-7-13-29(20)21/h2,4-5,8-9,11-12,14-15H,3,6-7,10,13H2,1H3,(H,25,31)(H,26,30). The van der Waals surface area contributed by atoms with Crippen LogP contribution in [0, 0.1) is 5.82 Å². The molecule has 1 atom stereocenters. The third-order valence-corrected chi connectivity index (χ3v) is 5.37. The van der Waals surface area contributed by atoms with Crippen molar-refractivity contribution in [3.63, 3.8) is 0 Å². The van der Waals surface area contributed by atoms with Gasteiger partial charge in [-0.05, 0) is 50.1 Å². The number of aryl methyl sites for hydroxylation is 1. The zero-order chi connectivity index (χ0) is 21.8. The van der Waals surface area contributed by atoms with E-state index in [1.165, 1.54) is 6.07 Å². The lowest BCUT2D eigenvalue weighted by Gasteiger charge is -2.15. The van der Waals surface area contributed by atoms with E-state index >= 15 is 0 Å². The lowest BCUT2D eigenvalue weighted by molar-refractivity contribution is -0.117. The molecule has 7 nitrogen and oxygen atoms in total. The smallest absolute Gasteiger partial charge is 0.251 e. The Morgan fingerprint density at radius 2 is 1.87 bits per heavy atom. The van der Waals surface area contributed by atoms with Gasteiger partial charge in [0.1, 0.15) is 17.7 Å². The molecule has 0 aliphatic carbocycles. The number of anilines is 1. The Balaban J connectivity index is 1.49. The van der Waals surface area contributed by atoms with Gasteiger partial charge >= 0.3 is 0 Å². The molecule has 160 valence electrons. The predicted molar refractivity (Wildman–Crippen MR) is 115 cm³/mol. The number of aromatic nitrogens is 3. The molecule has 0 radical (unpaired) electrons. The monoisotopic (exact) mass is 421 g/mol. The molecular weight excluding hydrogens is 397 g/mol. The third-order valence-electron chi connectivity index (χ3n) is 5.37. The van der Waals surface area contributed by atoms with Crippen molar-refractivity contribution in [2.45, 2.75) is 45.2 Å². The first kappa shape index (κ1) is 20.7. The van der Waals surface area contributed by atoms with Gasteiger partial charge in [-0.25, -0.2) is 4.39 Å². The normalized spacial score (nSPS) is 14.3. The summed E-state index contributed by atoms with van der Waals surface area (Å²) in [6.07, 6.45) is 4.13. The van der Waals surface area contributed by atoms with E-state index in [0.29, 0.717) is 17.0 Å². The summed E-state index contributed by atoms with van der Waals surface area (Å²) in [6.45, 7) is 2.37. The Bertz CT molecular complexity index is 1100. The van der Waals surface area contributed by atoms with Gasteiger partial charge in [0, 0.05) is 24.1 Å². The van der Waals surface area contributed by atoms with E-state index in [2.05, 4.69) is 25.4 Å². The van der Waals surface area contributed by atoms with Crippen LogP contribution in [0.15, 0.2) is 48.5 Å². The van der Waals surface area contributed by atoms with Crippen LogP contribution in [-0.2, 0) is 17.8 Å². The molecule has 0 spiro atoms. The number of nitrogens with zero attached hydrogens (tertiary/aromatic N) is 3. The molecule has 0 saturated carbocycles. The minimum absolute atomic E-state index is 0.0364. The highest BCUT2D eigenvalue weighted by molar-refractivity contribution is 6.01. The van der Waals surface area contributed by atoms with Gasteiger partial charge in [-0.15, -0.1) is 10.2 Å². The summed E-state index contributed by atoms with van der Waals surface area (Å²) in [5.41, 5.74) is 1.16. The third kappa shape index (κ3) is 4.63. The first-order valence-electron chi connectivity index (χ1n) is 10.4. The quantitative estimate of drug-likeness (QED) is 0.659. The second-order valence-electron chi connectivity index (χ2n) is 7.65. The Morgan fingerprint density at radius 3 is 2.68 bits per heavy atom. The van der Waals surface area contributed by atoms with Crippen LogP contribution in [0.1, 0.15) is 42.4 Å². The summed E-state index contributed by atoms with van der Waals surface area (Å²) in [5.74, 6) is 0.149. The number of benzene rings is 2. The van der Waals surface area contributed by atoms with Crippen molar-refractivity contribution in [1.29, 1.82) is 0 Å². The van der Waals surface area contributed by atoms with Crippen molar-refractivity contribution in [3.05, 3.63) is 65.7 Å². The summed E-state index contributed by atoms with van der Waals surface area (Å²) in [6, 6.07) is 12.2. The molecule has 2 amide bonds. The largest absolute Gasteiger partial charge is 0.341 e. The first-order chi connectivity index (χ1) is 15.0. The van der Waals surface area contributed by atoms with Crippen LogP contribution in [-0.4, -0.2) is 32.6 Å². The van der Waals surface area contributed by atoms with Crippen LogP contribution in [0.2, 0.25) is 0 Å². The van der Waals surface area contributed by atoms with Crippen LogP contribution in [0.5, 0.6) is 0 Å². The van der Waals surface area contributed by atoms with E-state index in [-0.39, 0.29) is 11.6 Å². The highest BCUT2D eigenvalue weighted by atomic mass is 19.1. The predicted octanol–water partition coefficient (Wildman–Crippen LogP) is 3.57. The van der Waals surface area contributed by atoms with Gasteiger partial charge in [0.15, 0.2) is 5.82 Å². The number of fused-ring (bicyclic) bond motifs is 1. The van der Waals surface area contributed by atoms with E-state index < -0.39 is 17.8 Å². The second-order valence-corrected chi connectivity index (χ2v) is 7.65. The zero-order valence-corrected chi connectivity index (χ0v) is 17.3. The Kier molecular flexibility index (Phi) is 6.06. The molecule has 1 aromatic heterocycles. The maximum atomic E-state index is 14.4. The Hall–Kier alpha value is -3.55. The SMILES string of the molecule is CC(NC(=O)c1ccccc1)C(=O)Nc1cc(-c2nnc3n2CCCCC3)ccc1F. The number of nitrogens with one attached hydrogen (secondary N) is 2. The molecule has 1 unspecified atom stereocenters. The van der Waals surface area contributed by atoms with E-state index in [1.807, 2.05) is 0 Å². The fourth-order valence-electron chi connectivity index (χ4n) is 3.63. The maximum Gasteiger partial charge on any atom is 0.251 e. The fraction of sp³-hybridized carbons (Fsp3) is 0.304. The molecular formula is C23H24FN5O2. The molecule has 0 fully saturated rings. The lowest BCUT2D eigenvalue weighted by atomic mass is 10.1. The van der Waals surface area contributed by atoms with Gasteiger partial charge in [0.25, 0.3) is 5.91 Å². The van der Waals surface area contributed by atoms with Crippen LogP contribution in [0.4, 0.5) is 10.1 Å². The summed E-state index contributed by atoms with van der Waals surface area (Å²) >= 11 is 0. The summed E-state index contributed by atoms with van der Waals surface area (Å²) in [4.78, 5) is 24.9. The lowest BCUT2D eigenvalue weighted by Crippen LogP contribution is -2.41. The van der Waals surface area contributed by atoms with Crippen LogP contribution in [0.3, 0.4) is 0 Å². The molecule has 4 rings (SSSR count). The number of rotatable bonds is 5. The van der Waals surface area contributed by atoms with Crippen LogP contribution in [0.25, 0.3) is 11.4 Å². The Labute approximate surface area is 179 Å². The number of hydrogen-bond acceptors (Lipinski definition) is 4. The van der Waals surface area contributed by atoms with Gasteiger partial charge in [0.2, 0.25) is 5.91 Å². The van der Waals surface area contributed by atoms with E-state index in [0.717, 1.165) is 38.1 Å². The molecule has 2 heterocycles. The number of hydrogen-bond donors (Lipinski definition) is 2. The van der Waals surface area contributed by atoms with Crippen molar-refractivity contribution in [2.24, 2.45) is 0 Å². The van der Waals surface area contributed by atoms with Gasteiger partial charge in [-0.3, -0.25) is 9.59 Å². The van der Waals surface area contributed by atoms with Crippen LogP contribution >= 0.6 is 0 Å². The highest BCUT2D eigenvalue weighted by Gasteiger charge is 2.20. The number of carbonyl (C=O) groups is 2. The van der Waals surface area contributed by atoms with Crippen LogP contribution < -0.4 is 10.6 Å². The van der Waals surface area contributed by atoms with Gasteiger partial charge < -0.3 is 15.2 Å². The average Bonchev–Trinajstić information content (AvgIpc) is 3.03. The van der Waals surface area contributed by atoms with Gasteiger partial charge in [0.05, 0.1) is 5.69 Å². The number of carbonyl (C=O) groups excluding carboxylic acids is 2. The van der Waals surface area contributed by atoms with Crippen molar-refractivity contribution in [3.8, 4) is 11.4 Å². The molecule has 0 bridgehead atoms. The minimum atomic E-state index is -0.847. The van der Waals surface area contributed by atoms with Gasteiger partial charge in [-0.2, -0.15) is 0 Å². The van der Waals surface area contributed by atoms with Crippen molar-refractivity contribution >= 4 is 17.5 Å². The number of amides is 2. The van der Waals surface area contributed by atoms with Crippen molar-refractivity contribution in [1.82, 2.24) is 20.1 Å². The molecule has 1 aliphatic rings. The summed E-state index contributed by atoms with van der Waals surface area (Å²) in [7, 11) is 0. The van der Waals surface area contributed by atoms with Crippen molar-refractivity contribution < 1.29 is 14.0 Å². The molecule has 2 N–H and O–H groups in total. The summed E-state index contributed by atoms with van der Waals surface area (Å²) in [5, 5.41) is 13.8. The Morgan fingerprint density at radius 1 is 1.06 bits per heavy atom. The second kappa shape index (κ2) is 9.07. The van der Waals surface area contributed by atoms with Gasteiger partial charge in [-0.1, -0.05) is 24.6 Å². The molecule has 31 heavy (non-hydrogen) atoms. The van der Waals surface area contributed by atoms with E-state index in [9.17, 15) is 14.0 Å². The molecule has 2 aromatic carbocycles. The minimum Gasteiger partial charge on any atom is -0.341 e.